The van der Waals surface area contributed by atoms with Crippen LogP contribution in [0.1, 0.15) is 10.4 Å². The second-order valence-electron chi connectivity index (χ2n) is 5.03. The number of halogens is 5. The van der Waals surface area contributed by atoms with Crippen molar-refractivity contribution in [2.75, 3.05) is 32.7 Å². The fraction of sp³-hybridized carbons (Fsp3) is 0.500. The van der Waals surface area contributed by atoms with E-state index in [2.05, 4.69) is 10.6 Å². The molecule has 0 spiro atoms. The van der Waals surface area contributed by atoms with Crippen molar-refractivity contribution in [1.82, 2.24) is 15.5 Å². The number of amides is 1. The van der Waals surface area contributed by atoms with Gasteiger partial charge in [-0.1, -0.05) is 23.7 Å². The van der Waals surface area contributed by atoms with Gasteiger partial charge in [-0.15, -0.1) is 12.4 Å². The minimum Gasteiger partial charge on any atom is -0.350 e. The molecule has 130 valence electrons. The standard InChI is InChI=1S/C14H17ClF3N3O.ClH/c15-11-4-2-1-3-10(11)13(22)20-9-12(14(16,17)18)21-7-5-19-6-8-21;/h1-4,12,19H,5-9H2,(H,20,22);1H. The third-order valence-electron chi connectivity index (χ3n) is 3.54. The molecular formula is C14H18Cl2F3N3O. The third kappa shape index (κ3) is 5.53. The first kappa shape index (κ1) is 20.0. The highest BCUT2D eigenvalue weighted by molar-refractivity contribution is 6.33. The number of rotatable bonds is 4. The van der Waals surface area contributed by atoms with Crippen molar-refractivity contribution in [2.24, 2.45) is 0 Å². The summed E-state index contributed by atoms with van der Waals surface area (Å²) in [6, 6.07) is 4.57. The van der Waals surface area contributed by atoms with Crippen LogP contribution in [0.15, 0.2) is 24.3 Å². The van der Waals surface area contributed by atoms with E-state index in [0.29, 0.717) is 26.2 Å². The fourth-order valence-corrected chi connectivity index (χ4v) is 2.60. The molecule has 1 saturated heterocycles. The number of hydrogen-bond acceptors (Lipinski definition) is 3. The molecule has 0 aliphatic carbocycles. The average Bonchev–Trinajstić information content (AvgIpc) is 2.47. The lowest BCUT2D eigenvalue weighted by Gasteiger charge is -2.35. The van der Waals surface area contributed by atoms with E-state index in [4.69, 9.17) is 11.6 Å². The Balaban J connectivity index is 0.00000264. The second kappa shape index (κ2) is 8.73. The quantitative estimate of drug-likeness (QED) is 0.853. The third-order valence-corrected chi connectivity index (χ3v) is 3.87. The van der Waals surface area contributed by atoms with Gasteiger partial charge >= 0.3 is 6.18 Å². The number of nitrogens with zero attached hydrogens (tertiary/aromatic N) is 1. The van der Waals surface area contributed by atoms with Crippen LogP contribution in [0, 0.1) is 0 Å². The Morgan fingerprint density at radius 1 is 1.30 bits per heavy atom. The molecule has 0 aromatic heterocycles. The molecule has 4 nitrogen and oxygen atoms in total. The van der Waals surface area contributed by atoms with Crippen LogP contribution in [0.4, 0.5) is 13.2 Å². The molecule has 1 aliphatic heterocycles. The average molecular weight is 372 g/mol. The number of piperazine rings is 1. The van der Waals surface area contributed by atoms with Gasteiger partial charge in [-0.3, -0.25) is 9.69 Å². The summed E-state index contributed by atoms with van der Waals surface area (Å²) in [5, 5.41) is 5.56. The van der Waals surface area contributed by atoms with E-state index in [-0.39, 0.29) is 23.0 Å². The molecule has 1 heterocycles. The summed E-state index contributed by atoms with van der Waals surface area (Å²) in [5.74, 6) is -0.602. The minimum absolute atomic E-state index is 0. The first-order valence-corrected chi connectivity index (χ1v) is 7.31. The Kier molecular flexibility index (Phi) is 7.60. The van der Waals surface area contributed by atoms with Gasteiger partial charge in [0.05, 0.1) is 10.6 Å². The topological polar surface area (TPSA) is 44.4 Å². The van der Waals surface area contributed by atoms with E-state index in [9.17, 15) is 18.0 Å². The van der Waals surface area contributed by atoms with Crippen molar-refractivity contribution in [3.05, 3.63) is 34.9 Å². The van der Waals surface area contributed by atoms with Crippen LogP contribution in [0.3, 0.4) is 0 Å². The molecule has 1 aromatic rings. The van der Waals surface area contributed by atoms with E-state index < -0.39 is 24.7 Å². The van der Waals surface area contributed by atoms with E-state index in [1.807, 2.05) is 0 Å². The number of nitrogens with one attached hydrogen (secondary N) is 2. The van der Waals surface area contributed by atoms with Crippen molar-refractivity contribution in [2.45, 2.75) is 12.2 Å². The Hall–Kier alpha value is -1.02. The van der Waals surface area contributed by atoms with E-state index in [0.717, 1.165) is 0 Å². The number of hydrogen-bond donors (Lipinski definition) is 2. The SMILES string of the molecule is Cl.O=C(NCC(N1CCNCC1)C(F)(F)F)c1ccccc1Cl. The summed E-state index contributed by atoms with van der Waals surface area (Å²) in [5.41, 5.74) is 0.172. The summed E-state index contributed by atoms with van der Waals surface area (Å²) in [6.45, 7) is 1.11. The van der Waals surface area contributed by atoms with E-state index in [1.165, 1.54) is 17.0 Å². The lowest BCUT2D eigenvalue weighted by Crippen LogP contribution is -2.57. The molecule has 2 N–H and O–H groups in total. The van der Waals surface area contributed by atoms with Crippen LogP contribution in [0.2, 0.25) is 5.02 Å². The fourth-order valence-electron chi connectivity index (χ4n) is 2.38. The molecular weight excluding hydrogens is 354 g/mol. The Bertz CT molecular complexity index is 522. The van der Waals surface area contributed by atoms with Gasteiger partial charge in [-0.25, -0.2) is 0 Å². The molecule has 9 heteroatoms. The highest BCUT2D eigenvalue weighted by atomic mass is 35.5. The van der Waals surface area contributed by atoms with Crippen LogP contribution in [0.25, 0.3) is 0 Å². The summed E-state index contributed by atoms with van der Waals surface area (Å²) in [7, 11) is 0. The molecule has 2 rings (SSSR count). The van der Waals surface area contributed by atoms with E-state index >= 15 is 0 Å². The Labute approximate surface area is 143 Å². The number of carbonyl (C=O) groups is 1. The summed E-state index contributed by atoms with van der Waals surface area (Å²) >= 11 is 5.87. The van der Waals surface area contributed by atoms with Crippen molar-refractivity contribution in [3.63, 3.8) is 0 Å². The van der Waals surface area contributed by atoms with Crippen LogP contribution in [-0.4, -0.2) is 55.7 Å². The molecule has 1 aliphatic rings. The molecule has 0 bridgehead atoms. The van der Waals surface area contributed by atoms with Gasteiger partial charge in [-0.05, 0) is 12.1 Å². The molecule has 0 radical (unpaired) electrons. The highest BCUT2D eigenvalue weighted by Crippen LogP contribution is 2.25. The summed E-state index contributed by atoms with van der Waals surface area (Å²) in [6.07, 6.45) is -4.40. The zero-order valence-electron chi connectivity index (χ0n) is 12.2. The summed E-state index contributed by atoms with van der Waals surface area (Å²) in [4.78, 5) is 13.3. The van der Waals surface area contributed by atoms with Gasteiger partial charge in [0, 0.05) is 32.7 Å². The molecule has 1 unspecified atom stereocenters. The van der Waals surface area contributed by atoms with Crippen molar-refractivity contribution < 1.29 is 18.0 Å². The minimum atomic E-state index is -4.40. The van der Waals surface area contributed by atoms with Crippen LogP contribution < -0.4 is 10.6 Å². The number of carbonyl (C=O) groups excluding carboxylic acids is 1. The zero-order valence-corrected chi connectivity index (χ0v) is 13.8. The first-order chi connectivity index (χ1) is 10.4. The molecule has 1 amide bonds. The Morgan fingerprint density at radius 3 is 2.48 bits per heavy atom. The molecule has 23 heavy (non-hydrogen) atoms. The number of alkyl halides is 3. The first-order valence-electron chi connectivity index (χ1n) is 6.94. The smallest absolute Gasteiger partial charge is 0.350 e. The number of benzene rings is 1. The summed E-state index contributed by atoms with van der Waals surface area (Å²) < 4.78 is 39.6. The van der Waals surface area contributed by atoms with Gasteiger partial charge in [-0.2, -0.15) is 13.2 Å². The largest absolute Gasteiger partial charge is 0.405 e. The molecule has 0 saturated carbocycles. The highest BCUT2D eigenvalue weighted by Gasteiger charge is 2.43. The maximum Gasteiger partial charge on any atom is 0.405 e. The van der Waals surface area contributed by atoms with Crippen LogP contribution >= 0.6 is 24.0 Å². The second-order valence-corrected chi connectivity index (χ2v) is 5.44. The Morgan fingerprint density at radius 2 is 1.91 bits per heavy atom. The molecule has 1 atom stereocenters. The van der Waals surface area contributed by atoms with Gasteiger partial charge in [0.15, 0.2) is 0 Å². The van der Waals surface area contributed by atoms with Crippen LogP contribution in [-0.2, 0) is 0 Å². The van der Waals surface area contributed by atoms with Gasteiger partial charge in [0.2, 0.25) is 0 Å². The predicted molar refractivity (Wildman–Crippen MR) is 85.3 cm³/mol. The normalized spacial score (nSPS) is 17.2. The van der Waals surface area contributed by atoms with Crippen LogP contribution in [0.5, 0.6) is 0 Å². The van der Waals surface area contributed by atoms with Gasteiger partial charge < -0.3 is 10.6 Å². The molecule has 1 fully saturated rings. The van der Waals surface area contributed by atoms with Crippen molar-refractivity contribution in [3.8, 4) is 0 Å². The van der Waals surface area contributed by atoms with Crippen molar-refractivity contribution in [1.29, 1.82) is 0 Å². The maximum absolute atomic E-state index is 13.2. The van der Waals surface area contributed by atoms with Gasteiger partial charge in [0.1, 0.15) is 6.04 Å². The van der Waals surface area contributed by atoms with Crippen molar-refractivity contribution >= 4 is 29.9 Å². The van der Waals surface area contributed by atoms with Gasteiger partial charge in [0.25, 0.3) is 5.91 Å². The van der Waals surface area contributed by atoms with E-state index in [1.54, 1.807) is 12.1 Å². The lowest BCUT2D eigenvalue weighted by atomic mass is 10.1. The maximum atomic E-state index is 13.2. The predicted octanol–water partition coefficient (Wildman–Crippen LogP) is 2.33. The lowest BCUT2D eigenvalue weighted by molar-refractivity contribution is -0.183. The zero-order chi connectivity index (χ0) is 16.2. The molecule has 1 aromatic carbocycles. The monoisotopic (exact) mass is 371 g/mol.